The van der Waals surface area contributed by atoms with Gasteiger partial charge >= 0.3 is 6.18 Å². The fraction of sp³-hybridized carbons (Fsp3) is 0.571. The van der Waals surface area contributed by atoms with Gasteiger partial charge in [-0.2, -0.15) is 13.2 Å². The number of aliphatic imine (C=N–C) groups is 1. The number of nitrogens with zero attached hydrogens (tertiary/aromatic N) is 2. The van der Waals surface area contributed by atoms with E-state index in [2.05, 4.69) is 32.3 Å². The zero-order chi connectivity index (χ0) is 16.4. The second kappa shape index (κ2) is 11.3. The molecule has 0 amide bonds. The summed E-state index contributed by atoms with van der Waals surface area (Å²) in [5, 5.41) is 6.22. The lowest BCUT2D eigenvalue weighted by atomic mass is 10.2. The fourth-order valence-electron chi connectivity index (χ4n) is 1.59. The highest BCUT2D eigenvalue weighted by Gasteiger charge is 2.28. The van der Waals surface area contributed by atoms with Crippen molar-refractivity contribution in [1.29, 1.82) is 0 Å². The Kier molecular flexibility index (Phi) is 10.7. The molecule has 2 N–H and O–H groups in total. The van der Waals surface area contributed by atoms with Crippen molar-refractivity contribution < 1.29 is 17.9 Å². The van der Waals surface area contributed by atoms with Crippen LogP contribution >= 0.6 is 24.0 Å². The summed E-state index contributed by atoms with van der Waals surface area (Å²) in [5.74, 6) is 0.591. The topological polar surface area (TPSA) is 58.5 Å². The fourth-order valence-corrected chi connectivity index (χ4v) is 1.59. The second-order valence-electron chi connectivity index (χ2n) is 4.61. The second-order valence-corrected chi connectivity index (χ2v) is 4.61. The zero-order valence-corrected chi connectivity index (χ0v) is 15.4. The molecule has 0 aliphatic heterocycles. The van der Waals surface area contributed by atoms with E-state index in [4.69, 9.17) is 0 Å². The molecule has 0 aliphatic carbocycles. The largest absolute Gasteiger partial charge is 0.468 e. The number of alkyl halides is 3. The predicted molar refractivity (Wildman–Crippen MR) is 94.3 cm³/mol. The van der Waals surface area contributed by atoms with E-state index in [0.29, 0.717) is 12.5 Å². The lowest BCUT2D eigenvalue weighted by Gasteiger charge is -2.12. The molecule has 0 spiro atoms. The summed E-state index contributed by atoms with van der Waals surface area (Å²) in [7, 11) is 1.66. The smallest absolute Gasteiger partial charge is 0.422 e. The molecule has 0 radical (unpaired) electrons. The van der Waals surface area contributed by atoms with Crippen molar-refractivity contribution in [2.24, 2.45) is 4.99 Å². The van der Waals surface area contributed by atoms with Crippen LogP contribution in [0.3, 0.4) is 0 Å². The van der Waals surface area contributed by atoms with Crippen LogP contribution in [0.15, 0.2) is 23.3 Å². The Morgan fingerprint density at radius 2 is 2.09 bits per heavy atom. The number of unbranched alkanes of at least 4 members (excludes halogenated alkanes) is 1. The van der Waals surface area contributed by atoms with Crippen molar-refractivity contribution in [2.75, 3.05) is 20.2 Å². The highest BCUT2D eigenvalue weighted by Crippen LogP contribution is 2.17. The number of aromatic nitrogens is 1. The van der Waals surface area contributed by atoms with Crippen LogP contribution in [0, 0.1) is 0 Å². The van der Waals surface area contributed by atoms with Crippen LogP contribution < -0.4 is 15.4 Å². The van der Waals surface area contributed by atoms with Crippen molar-refractivity contribution in [3.63, 3.8) is 0 Å². The molecule has 0 aliphatic rings. The normalized spacial score (nSPS) is 11.6. The molecule has 1 rings (SSSR count). The average molecular weight is 446 g/mol. The summed E-state index contributed by atoms with van der Waals surface area (Å²) in [6, 6.07) is 3.17. The van der Waals surface area contributed by atoms with E-state index in [-0.39, 0.29) is 29.9 Å². The predicted octanol–water partition coefficient (Wildman–Crippen LogP) is 3.11. The maximum Gasteiger partial charge on any atom is 0.422 e. The van der Waals surface area contributed by atoms with Gasteiger partial charge in [0.15, 0.2) is 12.6 Å². The first-order chi connectivity index (χ1) is 10.4. The number of guanidine groups is 1. The number of ether oxygens (including phenoxy) is 1. The first-order valence-corrected chi connectivity index (χ1v) is 7.03. The molecule has 0 unspecified atom stereocenters. The number of rotatable bonds is 7. The lowest BCUT2D eigenvalue weighted by molar-refractivity contribution is -0.154. The highest BCUT2D eigenvalue weighted by molar-refractivity contribution is 14.0. The highest BCUT2D eigenvalue weighted by atomic mass is 127. The first-order valence-electron chi connectivity index (χ1n) is 7.03. The SMILES string of the molecule is CCCCNC(=NC)NCc1ccnc(OCC(F)(F)F)c1.I. The van der Waals surface area contributed by atoms with E-state index in [1.54, 1.807) is 13.1 Å². The van der Waals surface area contributed by atoms with E-state index in [0.717, 1.165) is 24.9 Å². The summed E-state index contributed by atoms with van der Waals surface area (Å²) in [6.45, 7) is 1.97. The molecule has 23 heavy (non-hydrogen) atoms. The molecular formula is C14H22F3IN4O. The van der Waals surface area contributed by atoms with Gasteiger partial charge in [0, 0.05) is 32.4 Å². The van der Waals surface area contributed by atoms with Crippen LogP contribution in [0.4, 0.5) is 13.2 Å². The number of pyridine rings is 1. The Bertz CT molecular complexity index is 483. The summed E-state index contributed by atoms with van der Waals surface area (Å²) in [4.78, 5) is 7.82. The molecule has 0 saturated carbocycles. The number of halogens is 4. The molecule has 5 nitrogen and oxygen atoms in total. The molecule has 1 heterocycles. The van der Waals surface area contributed by atoms with Crippen LogP contribution in [0.5, 0.6) is 5.88 Å². The zero-order valence-electron chi connectivity index (χ0n) is 13.1. The monoisotopic (exact) mass is 446 g/mol. The van der Waals surface area contributed by atoms with Crippen molar-refractivity contribution in [3.05, 3.63) is 23.9 Å². The Morgan fingerprint density at radius 1 is 1.35 bits per heavy atom. The quantitative estimate of drug-likeness (QED) is 0.293. The maximum atomic E-state index is 12.1. The molecule has 132 valence electrons. The van der Waals surface area contributed by atoms with Gasteiger partial charge in [-0.15, -0.1) is 24.0 Å². The van der Waals surface area contributed by atoms with E-state index >= 15 is 0 Å². The summed E-state index contributed by atoms with van der Waals surface area (Å²) < 4.78 is 40.9. The van der Waals surface area contributed by atoms with Gasteiger partial charge in [0.05, 0.1) is 0 Å². The molecular weight excluding hydrogens is 424 g/mol. The van der Waals surface area contributed by atoms with E-state index in [1.807, 2.05) is 0 Å². The van der Waals surface area contributed by atoms with E-state index in [9.17, 15) is 13.2 Å². The van der Waals surface area contributed by atoms with Gasteiger partial charge in [-0.1, -0.05) is 13.3 Å². The van der Waals surface area contributed by atoms with E-state index < -0.39 is 12.8 Å². The molecule has 0 aromatic carbocycles. The number of hydrogen-bond donors (Lipinski definition) is 2. The van der Waals surface area contributed by atoms with Crippen LogP contribution in [-0.4, -0.2) is 37.3 Å². The van der Waals surface area contributed by atoms with Gasteiger partial charge in [-0.05, 0) is 18.1 Å². The third kappa shape index (κ3) is 10.2. The molecule has 0 atom stereocenters. The van der Waals surface area contributed by atoms with Gasteiger partial charge in [0.1, 0.15) is 0 Å². The Balaban J connectivity index is 0.00000484. The molecule has 0 fully saturated rings. The molecule has 9 heteroatoms. The van der Waals surface area contributed by atoms with Gasteiger partial charge in [0.2, 0.25) is 5.88 Å². The standard InChI is InChI=1S/C14H21F3N4O.HI/c1-3-4-6-20-13(18-2)21-9-11-5-7-19-12(8-11)22-10-14(15,16)17;/h5,7-8H,3-4,6,9-10H2,1-2H3,(H2,18,20,21);1H. The van der Waals surface area contributed by atoms with Crippen molar-refractivity contribution >= 4 is 29.9 Å². The Morgan fingerprint density at radius 3 is 2.70 bits per heavy atom. The maximum absolute atomic E-state index is 12.1. The van der Waals surface area contributed by atoms with Crippen LogP contribution in [0.25, 0.3) is 0 Å². The molecule has 1 aromatic rings. The van der Waals surface area contributed by atoms with Crippen molar-refractivity contribution in [1.82, 2.24) is 15.6 Å². The molecule has 0 bridgehead atoms. The average Bonchev–Trinajstić information content (AvgIpc) is 2.48. The van der Waals surface area contributed by atoms with Gasteiger partial charge in [-0.3, -0.25) is 4.99 Å². The molecule has 0 saturated heterocycles. The summed E-state index contributed by atoms with van der Waals surface area (Å²) in [5.41, 5.74) is 0.755. The number of hydrogen-bond acceptors (Lipinski definition) is 3. The Labute approximate surface area is 151 Å². The van der Waals surface area contributed by atoms with Gasteiger partial charge in [0.25, 0.3) is 0 Å². The van der Waals surface area contributed by atoms with Crippen molar-refractivity contribution in [2.45, 2.75) is 32.5 Å². The van der Waals surface area contributed by atoms with Crippen LogP contribution in [0.2, 0.25) is 0 Å². The van der Waals surface area contributed by atoms with Gasteiger partial charge in [-0.25, -0.2) is 4.98 Å². The minimum absolute atomic E-state index is 0. The first kappa shape index (κ1) is 21.7. The third-order valence-electron chi connectivity index (χ3n) is 2.69. The minimum atomic E-state index is -4.37. The van der Waals surface area contributed by atoms with Crippen LogP contribution in [0.1, 0.15) is 25.3 Å². The molecule has 1 aromatic heterocycles. The Hall–Kier alpha value is -1.26. The van der Waals surface area contributed by atoms with Gasteiger partial charge < -0.3 is 15.4 Å². The van der Waals surface area contributed by atoms with Crippen molar-refractivity contribution in [3.8, 4) is 5.88 Å². The van der Waals surface area contributed by atoms with E-state index in [1.165, 1.54) is 12.3 Å². The summed E-state index contributed by atoms with van der Waals surface area (Å²) in [6.07, 6.45) is -0.850. The lowest BCUT2D eigenvalue weighted by Crippen LogP contribution is -2.37. The minimum Gasteiger partial charge on any atom is -0.468 e. The number of nitrogens with one attached hydrogen (secondary N) is 2. The summed E-state index contributed by atoms with van der Waals surface area (Å²) >= 11 is 0. The third-order valence-corrected chi connectivity index (χ3v) is 2.69. The van der Waals surface area contributed by atoms with Crippen LogP contribution in [-0.2, 0) is 6.54 Å².